The normalized spacial score (nSPS) is 19.7. The molecule has 0 aromatic heterocycles. The number of anilines is 1. The second kappa shape index (κ2) is 6.36. The molecule has 24 heavy (non-hydrogen) atoms. The van der Waals surface area contributed by atoms with Crippen LogP contribution in [0.5, 0.6) is 0 Å². The monoisotopic (exact) mass is 329 g/mol. The molecule has 1 heterocycles. The number of hydrogen-bond donors (Lipinski definition) is 1. The summed E-state index contributed by atoms with van der Waals surface area (Å²) in [5, 5.41) is 2.83. The number of piperazine rings is 1. The molecule has 0 bridgehead atoms. The van der Waals surface area contributed by atoms with Gasteiger partial charge in [-0.15, -0.1) is 0 Å². The maximum Gasteiger partial charge on any atom is 0.240 e. The molecule has 0 unspecified atom stereocenters. The maximum atomic E-state index is 12.8. The Hall–Kier alpha value is -2.21. The summed E-state index contributed by atoms with van der Waals surface area (Å²) in [6.07, 6.45) is 1.21. The minimum Gasteiger partial charge on any atom is -0.339 e. The average Bonchev–Trinajstić information content (AvgIpc) is 3.37. The molecule has 1 N–H and O–H groups in total. The Bertz CT molecular complexity index is 657. The predicted octanol–water partition coefficient (Wildman–Crippen LogP) is 1.38. The van der Waals surface area contributed by atoms with Gasteiger partial charge in [-0.3, -0.25) is 14.4 Å². The fraction of sp³-hybridized carbons (Fsp3) is 0.500. The number of amides is 2. The van der Waals surface area contributed by atoms with E-state index in [1.54, 1.807) is 24.3 Å². The molecule has 0 spiro atoms. The van der Waals surface area contributed by atoms with Crippen molar-refractivity contribution in [3.8, 4) is 0 Å². The van der Waals surface area contributed by atoms with E-state index in [1.807, 2.05) is 11.9 Å². The molecular formula is C18H23N3O3. The van der Waals surface area contributed by atoms with E-state index in [2.05, 4.69) is 10.2 Å². The van der Waals surface area contributed by atoms with Gasteiger partial charge in [0.25, 0.3) is 0 Å². The Kier molecular flexibility index (Phi) is 4.41. The molecule has 2 aliphatic rings. The minimum absolute atomic E-state index is 0.0169. The second-order valence-electron chi connectivity index (χ2n) is 6.77. The highest BCUT2D eigenvalue weighted by atomic mass is 16.2. The van der Waals surface area contributed by atoms with Crippen molar-refractivity contribution in [3.63, 3.8) is 0 Å². The van der Waals surface area contributed by atoms with E-state index < -0.39 is 5.41 Å². The first-order valence-corrected chi connectivity index (χ1v) is 8.33. The summed E-state index contributed by atoms with van der Waals surface area (Å²) in [7, 11) is 2.03. The van der Waals surface area contributed by atoms with Crippen molar-refractivity contribution in [2.45, 2.75) is 19.8 Å². The van der Waals surface area contributed by atoms with E-state index in [0.29, 0.717) is 37.2 Å². The van der Waals surface area contributed by atoms with E-state index in [9.17, 15) is 14.4 Å². The van der Waals surface area contributed by atoms with Gasteiger partial charge in [-0.1, -0.05) is 0 Å². The number of carbonyl (C=O) groups is 3. The number of Topliss-reactive ketones (excluding diaryl/α,β-unsaturated/α-hetero) is 1. The zero-order valence-corrected chi connectivity index (χ0v) is 14.2. The summed E-state index contributed by atoms with van der Waals surface area (Å²) in [5.74, 6) is -0.299. The highest BCUT2D eigenvalue weighted by Crippen LogP contribution is 2.48. The molecular weight excluding hydrogens is 306 g/mol. The standard InChI is InChI=1S/C18H23N3O3/c1-13(22)14-3-5-15(6-4-14)19-16(23)18(7-8-18)17(24)21-11-9-20(2)10-12-21/h3-6H,7-12H2,1-2H3,(H,19,23). The van der Waals surface area contributed by atoms with Gasteiger partial charge >= 0.3 is 0 Å². The summed E-state index contributed by atoms with van der Waals surface area (Å²) < 4.78 is 0. The Labute approximate surface area is 141 Å². The van der Waals surface area contributed by atoms with E-state index in [-0.39, 0.29) is 17.6 Å². The lowest BCUT2D eigenvalue weighted by molar-refractivity contribution is -0.143. The second-order valence-corrected chi connectivity index (χ2v) is 6.77. The maximum absolute atomic E-state index is 12.8. The van der Waals surface area contributed by atoms with E-state index in [4.69, 9.17) is 0 Å². The highest BCUT2D eigenvalue weighted by Gasteiger charge is 2.58. The summed E-state index contributed by atoms with van der Waals surface area (Å²) in [4.78, 5) is 40.7. The van der Waals surface area contributed by atoms with Crippen LogP contribution in [0.25, 0.3) is 0 Å². The van der Waals surface area contributed by atoms with Crippen molar-refractivity contribution in [2.75, 3.05) is 38.5 Å². The predicted molar refractivity (Wildman–Crippen MR) is 90.8 cm³/mol. The highest BCUT2D eigenvalue weighted by molar-refractivity contribution is 6.13. The number of benzene rings is 1. The molecule has 1 saturated carbocycles. The fourth-order valence-corrected chi connectivity index (χ4v) is 3.01. The lowest BCUT2D eigenvalue weighted by Crippen LogP contribution is -2.51. The van der Waals surface area contributed by atoms with Crippen molar-refractivity contribution < 1.29 is 14.4 Å². The molecule has 1 aromatic carbocycles. The van der Waals surface area contributed by atoms with Gasteiger partial charge < -0.3 is 15.1 Å². The zero-order chi connectivity index (χ0) is 17.3. The van der Waals surface area contributed by atoms with Crippen molar-refractivity contribution in [3.05, 3.63) is 29.8 Å². The average molecular weight is 329 g/mol. The largest absolute Gasteiger partial charge is 0.339 e. The van der Waals surface area contributed by atoms with Gasteiger partial charge in [0.15, 0.2) is 5.78 Å². The number of carbonyl (C=O) groups excluding carboxylic acids is 3. The van der Waals surface area contributed by atoms with Gasteiger partial charge in [0.1, 0.15) is 5.41 Å². The molecule has 2 fully saturated rings. The lowest BCUT2D eigenvalue weighted by Gasteiger charge is -2.34. The molecule has 1 aliphatic heterocycles. The molecule has 6 heteroatoms. The van der Waals surface area contributed by atoms with Gasteiger partial charge in [0, 0.05) is 37.4 Å². The molecule has 1 aliphatic carbocycles. The summed E-state index contributed by atoms with van der Waals surface area (Å²) in [6, 6.07) is 6.76. The third-order valence-electron chi connectivity index (χ3n) is 4.93. The topological polar surface area (TPSA) is 69.7 Å². The number of rotatable bonds is 4. The van der Waals surface area contributed by atoms with E-state index >= 15 is 0 Å². The van der Waals surface area contributed by atoms with Crippen LogP contribution in [0.4, 0.5) is 5.69 Å². The Balaban J connectivity index is 1.65. The summed E-state index contributed by atoms with van der Waals surface area (Å²) >= 11 is 0. The first kappa shape index (κ1) is 16.6. The zero-order valence-electron chi connectivity index (χ0n) is 14.2. The fourth-order valence-electron chi connectivity index (χ4n) is 3.01. The molecule has 1 saturated heterocycles. The van der Waals surface area contributed by atoms with Crippen LogP contribution in [0, 0.1) is 5.41 Å². The van der Waals surface area contributed by atoms with Crippen molar-refractivity contribution in [1.29, 1.82) is 0 Å². The van der Waals surface area contributed by atoms with E-state index in [0.717, 1.165) is 13.1 Å². The minimum atomic E-state index is -0.894. The Morgan fingerprint density at radius 3 is 2.08 bits per heavy atom. The number of ketones is 1. The lowest BCUT2D eigenvalue weighted by atomic mass is 10.0. The molecule has 6 nitrogen and oxygen atoms in total. The first-order chi connectivity index (χ1) is 11.4. The van der Waals surface area contributed by atoms with Crippen LogP contribution in [0.15, 0.2) is 24.3 Å². The molecule has 1 aromatic rings. The Morgan fingerprint density at radius 1 is 1.00 bits per heavy atom. The van der Waals surface area contributed by atoms with Crippen LogP contribution in [0.3, 0.4) is 0 Å². The molecule has 2 amide bonds. The SMILES string of the molecule is CC(=O)c1ccc(NC(=O)C2(C(=O)N3CCN(C)CC3)CC2)cc1. The van der Waals surface area contributed by atoms with E-state index in [1.165, 1.54) is 6.92 Å². The molecule has 0 atom stereocenters. The van der Waals surface area contributed by atoms with Crippen LogP contribution < -0.4 is 5.32 Å². The Morgan fingerprint density at radius 2 is 1.58 bits per heavy atom. The van der Waals surface area contributed by atoms with Gasteiger partial charge in [0.05, 0.1) is 0 Å². The number of likely N-dealkylation sites (N-methyl/N-ethyl adjacent to an activating group) is 1. The van der Waals surface area contributed by atoms with Crippen molar-refractivity contribution in [1.82, 2.24) is 9.80 Å². The van der Waals surface area contributed by atoms with Gasteiger partial charge in [0.2, 0.25) is 11.8 Å². The van der Waals surface area contributed by atoms with Crippen molar-refractivity contribution in [2.24, 2.45) is 5.41 Å². The van der Waals surface area contributed by atoms with Crippen LogP contribution in [0.1, 0.15) is 30.1 Å². The van der Waals surface area contributed by atoms with Gasteiger partial charge in [-0.05, 0) is 51.1 Å². The third kappa shape index (κ3) is 3.19. The summed E-state index contributed by atoms with van der Waals surface area (Å²) in [6.45, 7) is 4.54. The molecule has 0 radical (unpaired) electrons. The number of hydrogen-bond acceptors (Lipinski definition) is 4. The third-order valence-corrected chi connectivity index (χ3v) is 4.93. The number of nitrogens with zero attached hydrogens (tertiary/aromatic N) is 2. The van der Waals surface area contributed by atoms with Crippen molar-refractivity contribution >= 4 is 23.3 Å². The first-order valence-electron chi connectivity index (χ1n) is 8.33. The molecule has 3 rings (SSSR count). The van der Waals surface area contributed by atoms with Crippen LogP contribution in [-0.4, -0.2) is 60.6 Å². The van der Waals surface area contributed by atoms with Crippen LogP contribution >= 0.6 is 0 Å². The van der Waals surface area contributed by atoms with Crippen LogP contribution in [0.2, 0.25) is 0 Å². The molecule has 128 valence electrons. The van der Waals surface area contributed by atoms with Crippen LogP contribution in [-0.2, 0) is 9.59 Å². The smallest absolute Gasteiger partial charge is 0.240 e. The van der Waals surface area contributed by atoms with Gasteiger partial charge in [-0.2, -0.15) is 0 Å². The summed E-state index contributed by atoms with van der Waals surface area (Å²) in [5.41, 5.74) is 0.319. The van der Waals surface area contributed by atoms with Gasteiger partial charge in [-0.25, -0.2) is 0 Å². The quantitative estimate of drug-likeness (QED) is 0.669. The number of nitrogens with one attached hydrogen (secondary N) is 1.